The zero-order valence-corrected chi connectivity index (χ0v) is 14.3. The lowest BCUT2D eigenvalue weighted by atomic mass is 9.98. The normalized spacial score (nSPS) is 10.7. The van der Waals surface area contributed by atoms with Gasteiger partial charge in [-0.05, 0) is 24.6 Å². The summed E-state index contributed by atoms with van der Waals surface area (Å²) in [5, 5.41) is 0.622. The van der Waals surface area contributed by atoms with Gasteiger partial charge in [0.05, 0.1) is 12.6 Å². The summed E-state index contributed by atoms with van der Waals surface area (Å²) in [7, 11) is 1.19. The van der Waals surface area contributed by atoms with Gasteiger partial charge < -0.3 is 9.72 Å². The smallest absolute Gasteiger partial charge is 0.355 e. The maximum Gasteiger partial charge on any atom is 0.355 e. The third-order valence-corrected chi connectivity index (χ3v) is 4.14. The van der Waals surface area contributed by atoms with E-state index in [2.05, 4.69) is 4.98 Å². The van der Waals surface area contributed by atoms with E-state index in [0.717, 1.165) is 0 Å². The highest BCUT2D eigenvalue weighted by Crippen LogP contribution is 2.22. The minimum absolute atomic E-state index is 0.167. The van der Waals surface area contributed by atoms with Gasteiger partial charge in [-0.25, -0.2) is 4.79 Å². The number of pyridine rings is 1. The van der Waals surface area contributed by atoms with E-state index in [-0.39, 0.29) is 16.6 Å². The molecular formula is C19H14ClNO4. The second-order valence-electron chi connectivity index (χ2n) is 5.54. The summed E-state index contributed by atoms with van der Waals surface area (Å²) in [6.07, 6.45) is 0. The fourth-order valence-corrected chi connectivity index (χ4v) is 3.00. The topological polar surface area (TPSA) is 76.2 Å². The van der Waals surface area contributed by atoms with Gasteiger partial charge >= 0.3 is 5.97 Å². The Morgan fingerprint density at radius 3 is 2.44 bits per heavy atom. The van der Waals surface area contributed by atoms with Crippen LogP contribution in [0, 0.1) is 6.92 Å². The minimum atomic E-state index is -0.785. The van der Waals surface area contributed by atoms with Crippen molar-refractivity contribution in [2.75, 3.05) is 7.11 Å². The lowest BCUT2D eigenvalue weighted by Gasteiger charge is -2.11. The standard InChI is InChI=1S/C19H14ClNO4/c1-10-8-12(20)9-13-15(10)21-16(19(24)25-2)14(18(13)23)17(22)11-6-4-3-5-7-11/h3-9H,1-2H3,(H,21,23). The van der Waals surface area contributed by atoms with Crippen LogP contribution in [0.25, 0.3) is 10.9 Å². The molecule has 0 bridgehead atoms. The Morgan fingerprint density at radius 2 is 1.80 bits per heavy atom. The summed E-state index contributed by atoms with van der Waals surface area (Å²) in [4.78, 5) is 40.9. The summed E-state index contributed by atoms with van der Waals surface area (Å²) >= 11 is 6.05. The molecule has 0 saturated heterocycles. The van der Waals surface area contributed by atoms with Crippen molar-refractivity contribution in [3.8, 4) is 0 Å². The zero-order chi connectivity index (χ0) is 18.1. The maximum atomic E-state index is 13.0. The van der Waals surface area contributed by atoms with Gasteiger partial charge in [0.15, 0.2) is 5.78 Å². The molecule has 0 aliphatic rings. The average molecular weight is 356 g/mol. The molecule has 0 radical (unpaired) electrons. The summed E-state index contributed by atoms with van der Waals surface area (Å²) in [6.45, 7) is 1.75. The highest BCUT2D eigenvalue weighted by atomic mass is 35.5. The third-order valence-electron chi connectivity index (χ3n) is 3.92. The first-order valence-electron chi connectivity index (χ1n) is 7.48. The number of ketones is 1. The summed E-state index contributed by atoms with van der Waals surface area (Å²) < 4.78 is 4.74. The number of aromatic nitrogens is 1. The number of nitrogens with one attached hydrogen (secondary N) is 1. The van der Waals surface area contributed by atoms with Crippen molar-refractivity contribution >= 4 is 34.3 Å². The van der Waals surface area contributed by atoms with Crippen LogP contribution < -0.4 is 5.43 Å². The number of hydrogen-bond donors (Lipinski definition) is 1. The van der Waals surface area contributed by atoms with Gasteiger partial charge in [-0.1, -0.05) is 41.9 Å². The molecule has 0 saturated carbocycles. The van der Waals surface area contributed by atoms with Crippen molar-refractivity contribution in [1.29, 1.82) is 0 Å². The zero-order valence-electron chi connectivity index (χ0n) is 13.6. The first-order valence-corrected chi connectivity index (χ1v) is 7.86. The van der Waals surface area contributed by atoms with Crippen LogP contribution in [-0.2, 0) is 4.74 Å². The van der Waals surface area contributed by atoms with E-state index >= 15 is 0 Å². The Balaban J connectivity index is 2.40. The van der Waals surface area contributed by atoms with Crippen LogP contribution in [0.5, 0.6) is 0 Å². The molecular weight excluding hydrogens is 342 g/mol. The SMILES string of the molecule is COC(=O)c1[nH]c2c(C)cc(Cl)cc2c(=O)c1C(=O)c1ccccc1. The van der Waals surface area contributed by atoms with E-state index in [1.807, 2.05) is 0 Å². The Labute approximate surface area is 148 Å². The number of halogens is 1. The van der Waals surface area contributed by atoms with Crippen LogP contribution in [0.4, 0.5) is 0 Å². The van der Waals surface area contributed by atoms with Crippen molar-refractivity contribution in [2.45, 2.75) is 6.92 Å². The van der Waals surface area contributed by atoms with Crippen LogP contribution >= 0.6 is 11.6 Å². The molecule has 1 heterocycles. The van der Waals surface area contributed by atoms with E-state index in [0.29, 0.717) is 21.7 Å². The Morgan fingerprint density at radius 1 is 1.12 bits per heavy atom. The number of carbonyl (C=O) groups excluding carboxylic acids is 2. The van der Waals surface area contributed by atoms with Crippen molar-refractivity contribution in [1.82, 2.24) is 4.98 Å². The molecule has 3 aromatic rings. The lowest BCUT2D eigenvalue weighted by molar-refractivity contribution is 0.0591. The molecule has 0 aliphatic heterocycles. The number of esters is 1. The third kappa shape index (κ3) is 2.94. The second-order valence-corrected chi connectivity index (χ2v) is 5.97. The predicted octanol–water partition coefficient (Wildman–Crippen LogP) is 3.51. The predicted molar refractivity (Wildman–Crippen MR) is 95.5 cm³/mol. The van der Waals surface area contributed by atoms with Crippen molar-refractivity contribution in [3.63, 3.8) is 0 Å². The second kappa shape index (κ2) is 6.53. The van der Waals surface area contributed by atoms with Gasteiger partial charge in [-0.3, -0.25) is 9.59 Å². The number of fused-ring (bicyclic) bond motifs is 1. The molecule has 1 aromatic heterocycles. The van der Waals surface area contributed by atoms with E-state index in [9.17, 15) is 14.4 Å². The number of rotatable bonds is 3. The number of aromatic amines is 1. The van der Waals surface area contributed by atoms with E-state index in [1.54, 1.807) is 43.3 Å². The molecule has 25 heavy (non-hydrogen) atoms. The molecule has 2 aromatic carbocycles. The molecule has 1 N–H and O–H groups in total. The number of ether oxygens (including phenoxy) is 1. The molecule has 6 heteroatoms. The molecule has 0 fully saturated rings. The number of hydrogen-bond acceptors (Lipinski definition) is 4. The fraction of sp³-hybridized carbons (Fsp3) is 0.105. The van der Waals surface area contributed by atoms with Gasteiger partial charge in [-0.2, -0.15) is 0 Å². The highest BCUT2D eigenvalue weighted by Gasteiger charge is 2.25. The van der Waals surface area contributed by atoms with E-state index < -0.39 is 17.2 Å². The largest absolute Gasteiger partial charge is 0.464 e. The Hall–Kier alpha value is -2.92. The molecule has 5 nitrogen and oxygen atoms in total. The fourth-order valence-electron chi connectivity index (χ4n) is 2.73. The van der Waals surface area contributed by atoms with Crippen molar-refractivity contribution in [2.24, 2.45) is 0 Å². The molecule has 0 atom stereocenters. The summed E-state index contributed by atoms with van der Waals surface area (Å²) in [6, 6.07) is 11.4. The lowest BCUT2D eigenvalue weighted by Crippen LogP contribution is -2.24. The van der Waals surface area contributed by atoms with Crippen LogP contribution in [0.3, 0.4) is 0 Å². The monoisotopic (exact) mass is 355 g/mol. The van der Waals surface area contributed by atoms with Gasteiger partial charge in [-0.15, -0.1) is 0 Å². The molecule has 126 valence electrons. The maximum absolute atomic E-state index is 13.0. The summed E-state index contributed by atoms with van der Waals surface area (Å²) in [5.74, 6) is -1.34. The number of methoxy groups -OCH3 is 1. The van der Waals surface area contributed by atoms with Crippen LogP contribution in [-0.4, -0.2) is 23.8 Å². The minimum Gasteiger partial charge on any atom is -0.464 e. The van der Waals surface area contributed by atoms with E-state index in [1.165, 1.54) is 13.2 Å². The first kappa shape index (κ1) is 16.9. The van der Waals surface area contributed by atoms with Gasteiger partial charge in [0, 0.05) is 16.0 Å². The van der Waals surface area contributed by atoms with Crippen molar-refractivity contribution in [3.05, 3.63) is 80.1 Å². The Bertz CT molecular complexity index is 1050. The van der Waals surface area contributed by atoms with Crippen LogP contribution in [0.2, 0.25) is 5.02 Å². The quantitative estimate of drug-likeness (QED) is 0.576. The molecule has 0 unspecified atom stereocenters. The van der Waals surface area contributed by atoms with Gasteiger partial charge in [0.25, 0.3) is 0 Å². The summed E-state index contributed by atoms with van der Waals surface area (Å²) in [5.41, 5.74) is 0.444. The molecule has 0 aliphatic carbocycles. The van der Waals surface area contributed by atoms with Crippen LogP contribution in [0.15, 0.2) is 47.3 Å². The number of carbonyl (C=O) groups is 2. The highest BCUT2D eigenvalue weighted by molar-refractivity contribution is 6.31. The molecule has 0 spiro atoms. The number of aryl methyl sites for hydroxylation is 1. The van der Waals surface area contributed by atoms with Gasteiger partial charge in [0.2, 0.25) is 5.43 Å². The molecule has 0 amide bonds. The van der Waals surface area contributed by atoms with Gasteiger partial charge in [0.1, 0.15) is 11.3 Å². The van der Waals surface area contributed by atoms with E-state index in [4.69, 9.17) is 16.3 Å². The Kier molecular flexibility index (Phi) is 4.42. The van der Waals surface area contributed by atoms with Crippen molar-refractivity contribution < 1.29 is 14.3 Å². The van der Waals surface area contributed by atoms with Crippen LogP contribution in [0.1, 0.15) is 32.0 Å². The average Bonchev–Trinajstić information content (AvgIpc) is 2.61. The number of H-pyrrole nitrogens is 1. The first-order chi connectivity index (χ1) is 11.9. The molecule has 3 rings (SSSR count). The number of benzene rings is 2.